The molecule has 2 aromatic carbocycles. The Labute approximate surface area is 119 Å². The van der Waals surface area contributed by atoms with Crippen LogP contribution in [0.1, 0.15) is 5.56 Å². The van der Waals surface area contributed by atoms with Gasteiger partial charge in [-0.3, -0.25) is 4.79 Å². The first kappa shape index (κ1) is 13.5. The van der Waals surface area contributed by atoms with Crippen molar-refractivity contribution < 1.29 is 18.0 Å². The molecule has 1 aliphatic rings. The largest absolute Gasteiger partial charge is 0.418 e. The summed E-state index contributed by atoms with van der Waals surface area (Å²) >= 11 is 0. The summed E-state index contributed by atoms with van der Waals surface area (Å²) in [7, 11) is 0. The van der Waals surface area contributed by atoms with Crippen molar-refractivity contribution in [3.63, 3.8) is 0 Å². The number of nitrogens with zero attached hydrogens (tertiary/aromatic N) is 1. The number of amides is 1. The molecule has 1 aliphatic heterocycles. The van der Waals surface area contributed by atoms with E-state index in [1.807, 2.05) is 0 Å². The molecule has 1 N–H and O–H groups in total. The lowest BCUT2D eigenvalue weighted by atomic mass is 10.1. The molecule has 0 bridgehead atoms. The van der Waals surface area contributed by atoms with Crippen LogP contribution < -0.4 is 10.2 Å². The topological polar surface area (TPSA) is 32.3 Å². The van der Waals surface area contributed by atoms with Gasteiger partial charge in [0.25, 0.3) is 0 Å². The number of para-hydroxylation sites is 3. The van der Waals surface area contributed by atoms with E-state index in [1.165, 1.54) is 23.1 Å². The molecule has 2 aromatic rings. The van der Waals surface area contributed by atoms with Crippen molar-refractivity contribution in [2.75, 3.05) is 16.8 Å². The molecular formula is C15H11F3N2O. The number of carbonyl (C=O) groups excluding carboxylic acids is 1. The van der Waals surface area contributed by atoms with Gasteiger partial charge in [0.1, 0.15) is 6.54 Å². The highest BCUT2D eigenvalue weighted by molar-refractivity contribution is 6.03. The molecule has 0 fully saturated rings. The number of rotatable bonds is 1. The SMILES string of the molecule is O=C1CN(c2ccccc2C(F)(F)F)c2ccccc2N1. The van der Waals surface area contributed by atoms with Gasteiger partial charge < -0.3 is 10.2 Å². The number of benzene rings is 2. The van der Waals surface area contributed by atoms with Crippen LogP contribution in [0.15, 0.2) is 48.5 Å². The lowest BCUT2D eigenvalue weighted by Crippen LogP contribution is -2.36. The van der Waals surface area contributed by atoms with Crippen molar-refractivity contribution >= 4 is 23.0 Å². The highest BCUT2D eigenvalue weighted by atomic mass is 19.4. The third-order valence-electron chi connectivity index (χ3n) is 3.27. The highest BCUT2D eigenvalue weighted by Crippen LogP contribution is 2.41. The molecule has 0 radical (unpaired) electrons. The molecule has 0 saturated heterocycles. The summed E-state index contributed by atoms with van der Waals surface area (Å²) in [5.41, 5.74) is 0.279. The smallest absolute Gasteiger partial charge is 0.330 e. The van der Waals surface area contributed by atoms with E-state index in [0.29, 0.717) is 11.4 Å². The molecule has 0 aliphatic carbocycles. The summed E-state index contributed by atoms with van der Waals surface area (Å²) in [4.78, 5) is 13.1. The van der Waals surface area contributed by atoms with Gasteiger partial charge in [-0.15, -0.1) is 0 Å². The van der Waals surface area contributed by atoms with Gasteiger partial charge in [-0.05, 0) is 24.3 Å². The highest BCUT2D eigenvalue weighted by Gasteiger charge is 2.36. The van der Waals surface area contributed by atoms with Gasteiger partial charge in [-0.2, -0.15) is 13.2 Å². The van der Waals surface area contributed by atoms with Gasteiger partial charge in [0, 0.05) is 0 Å². The first-order valence-electron chi connectivity index (χ1n) is 6.29. The number of alkyl halides is 3. The number of carbonyl (C=O) groups is 1. The monoisotopic (exact) mass is 292 g/mol. The van der Waals surface area contributed by atoms with Crippen molar-refractivity contribution in [2.45, 2.75) is 6.18 Å². The Morgan fingerprint density at radius 3 is 2.29 bits per heavy atom. The maximum atomic E-state index is 13.1. The Hall–Kier alpha value is -2.50. The normalized spacial score (nSPS) is 14.6. The summed E-state index contributed by atoms with van der Waals surface area (Å²) in [5.74, 6) is -0.342. The van der Waals surface area contributed by atoms with Crippen LogP contribution in [0.5, 0.6) is 0 Å². The van der Waals surface area contributed by atoms with Gasteiger partial charge in [0.2, 0.25) is 5.91 Å². The van der Waals surface area contributed by atoms with Gasteiger partial charge >= 0.3 is 6.18 Å². The third kappa shape index (κ3) is 2.44. The number of hydrogen-bond donors (Lipinski definition) is 1. The Balaban J connectivity index is 2.16. The molecular weight excluding hydrogens is 281 g/mol. The van der Waals surface area contributed by atoms with E-state index < -0.39 is 11.7 Å². The van der Waals surface area contributed by atoms with Crippen LogP contribution >= 0.6 is 0 Å². The zero-order valence-electron chi connectivity index (χ0n) is 10.8. The van der Waals surface area contributed by atoms with E-state index >= 15 is 0 Å². The summed E-state index contributed by atoms with van der Waals surface area (Å²) in [6.45, 7) is -0.149. The molecule has 0 atom stereocenters. The van der Waals surface area contributed by atoms with E-state index in [9.17, 15) is 18.0 Å². The molecule has 1 heterocycles. The maximum Gasteiger partial charge on any atom is 0.418 e. The predicted octanol–water partition coefficient (Wildman–Crippen LogP) is 3.80. The Morgan fingerprint density at radius 1 is 0.952 bits per heavy atom. The molecule has 6 heteroatoms. The zero-order valence-corrected chi connectivity index (χ0v) is 10.8. The molecule has 0 saturated carbocycles. The van der Waals surface area contributed by atoms with Gasteiger partial charge in [-0.25, -0.2) is 0 Å². The van der Waals surface area contributed by atoms with E-state index in [2.05, 4.69) is 5.32 Å². The zero-order chi connectivity index (χ0) is 15.0. The lowest BCUT2D eigenvalue weighted by molar-refractivity contribution is -0.137. The first-order valence-corrected chi connectivity index (χ1v) is 6.29. The van der Waals surface area contributed by atoms with Crippen molar-refractivity contribution in [2.24, 2.45) is 0 Å². The number of fused-ring (bicyclic) bond motifs is 1. The first-order chi connectivity index (χ1) is 9.97. The number of hydrogen-bond acceptors (Lipinski definition) is 2. The van der Waals surface area contributed by atoms with E-state index in [1.54, 1.807) is 24.3 Å². The average molecular weight is 292 g/mol. The fourth-order valence-electron chi connectivity index (χ4n) is 2.40. The van der Waals surface area contributed by atoms with Crippen LogP contribution in [0.2, 0.25) is 0 Å². The number of anilines is 3. The van der Waals surface area contributed by atoms with Gasteiger partial charge in [0.15, 0.2) is 0 Å². The van der Waals surface area contributed by atoms with Crippen LogP contribution in [-0.2, 0) is 11.0 Å². The molecule has 1 amide bonds. The molecule has 3 rings (SSSR count). The molecule has 0 spiro atoms. The number of halogens is 3. The minimum absolute atomic E-state index is 0.0210. The van der Waals surface area contributed by atoms with Crippen LogP contribution in [0, 0.1) is 0 Å². The van der Waals surface area contributed by atoms with Crippen molar-refractivity contribution in [3.05, 3.63) is 54.1 Å². The minimum atomic E-state index is -4.47. The molecule has 108 valence electrons. The van der Waals surface area contributed by atoms with Crippen molar-refractivity contribution in [1.82, 2.24) is 0 Å². The molecule has 3 nitrogen and oxygen atoms in total. The summed E-state index contributed by atoms with van der Waals surface area (Å²) in [6.07, 6.45) is -4.47. The summed E-state index contributed by atoms with van der Waals surface area (Å²) in [6, 6.07) is 12.0. The Bertz CT molecular complexity index is 697. The average Bonchev–Trinajstić information content (AvgIpc) is 2.45. The van der Waals surface area contributed by atoms with Crippen molar-refractivity contribution in [3.8, 4) is 0 Å². The Kier molecular flexibility index (Phi) is 3.08. The minimum Gasteiger partial charge on any atom is -0.330 e. The lowest BCUT2D eigenvalue weighted by Gasteiger charge is -2.32. The second kappa shape index (κ2) is 4.80. The molecule has 0 aromatic heterocycles. The van der Waals surface area contributed by atoms with Crippen LogP contribution in [0.25, 0.3) is 0 Å². The van der Waals surface area contributed by atoms with Crippen LogP contribution in [0.4, 0.5) is 30.2 Å². The summed E-state index contributed by atoms with van der Waals surface area (Å²) < 4.78 is 39.4. The maximum absolute atomic E-state index is 13.1. The van der Waals surface area contributed by atoms with Gasteiger partial charge in [0.05, 0.1) is 22.6 Å². The number of nitrogens with one attached hydrogen (secondary N) is 1. The Morgan fingerprint density at radius 2 is 1.57 bits per heavy atom. The predicted molar refractivity (Wildman–Crippen MR) is 73.5 cm³/mol. The quantitative estimate of drug-likeness (QED) is 0.867. The van der Waals surface area contributed by atoms with Gasteiger partial charge in [-0.1, -0.05) is 24.3 Å². The third-order valence-corrected chi connectivity index (χ3v) is 3.27. The second-order valence-electron chi connectivity index (χ2n) is 4.67. The van der Waals surface area contributed by atoms with E-state index in [0.717, 1.165) is 6.07 Å². The van der Waals surface area contributed by atoms with Crippen LogP contribution in [-0.4, -0.2) is 12.5 Å². The fourth-order valence-corrected chi connectivity index (χ4v) is 2.40. The molecule has 0 unspecified atom stereocenters. The van der Waals surface area contributed by atoms with Crippen molar-refractivity contribution in [1.29, 1.82) is 0 Å². The fraction of sp³-hybridized carbons (Fsp3) is 0.133. The molecule has 21 heavy (non-hydrogen) atoms. The summed E-state index contributed by atoms with van der Waals surface area (Å²) in [5, 5.41) is 2.66. The van der Waals surface area contributed by atoms with E-state index in [-0.39, 0.29) is 18.1 Å². The second-order valence-corrected chi connectivity index (χ2v) is 4.67. The standard InChI is InChI=1S/C15H11F3N2O/c16-15(17,18)10-5-1-3-7-12(10)20-9-14(21)19-11-6-2-4-8-13(11)20/h1-8H,9H2,(H,19,21). The van der Waals surface area contributed by atoms with E-state index in [4.69, 9.17) is 0 Å². The van der Waals surface area contributed by atoms with Crippen LogP contribution in [0.3, 0.4) is 0 Å².